The molecule has 0 bridgehead atoms. The van der Waals surface area contributed by atoms with Crippen LogP contribution in [0, 0.1) is 38.9 Å². The monoisotopic (exact) mass is 1020 g/mol. The summed E-state index contributed by atoms with van der Waals surface area (Å²) < 4.78 is 23.0. The van der Waals surface area contributed by atoms with Crippen molar-refractivity contribution < 1.29 is 33.4 Å². The van der Waals surface area contributed by atoms with Gasteiger partial charge in [0.25, 0.3) is 0 Å². The molecule has 0 aliphatic carbocycles. The number of aliphatic imine (C=N–C) groups is 1. The first-order valence-electron chi connectivity index (χ1n) is 24.0. The van der Waals surface area contributed by atoms with Crippen LogP contribution in [0.25, 0.3) is 16.3 Å². The Morgan fingerprint density at radius 1 is 0.972 bits per heavy atom. The number of carbonyl (C=O) groups excluding carboxylic acids is 4. The summed E-state index contributed by atoms with van der Waals surface area (Å²) in [6, 6.07) is 16.4. The van der Waals surface area contributed by atoms with E-state index >= 15 is 4.39 Å². The molecule has 0 radical (unpaired) electrons. The lowest BCUT2D eigenvalue weighted by Gasteiger charge is -2.35. The largest absolute Gasteiger partial charge is 0.492 e. The molecule has 3 aromatic carbocycles. The van der Waals surface area contributed by atoms with Gasteiger partial charge in [0.2, 0.25) is 23.6 Å². The number of aromatic nitrogens is 5. The number of rotatable bonds is 16. The lowest BCUT2D eigenvalue weighted by Crippen LogP contribution is -2.57. The fourth-order valence-corrected chi connectivity index (χ4v) is 10.1. The number of likely N-dealkylation sites (tertiary alicyclic amines) is 1. The van der Waals surface area contributed by atoms with E-state index in [1.54, 1.807) is 49.8 Å². The summed E-state index contributed by atoms with van der Waals surface area (Å²) in [5.41, 5.74) is 8.50. The van der Waals surface area contributed by atoms with Gasteiger partial charge in [0, 0.05) is 41.2 Å². The summed E-state index contributed by atoms with van der Waals surface area (Å²) in [6.45, 7) is 15.2. The number of amides is 4. The summed E-state index contributed by atoms with van der Waals surface area (Å²) in [5, 5.41) is 28.9. The smallest absolute Gasteiger partial charge is 0.246 e. The van der Waals surface area contributed by atoms with Crippen LogP contribution in [0.2, 0.25) is 5.02 Å². The van der Waals surface area contributed by atoms with Crippen LogP contribution in [-0.2, 0) is 25.6 Å². The minimum Gasteiger partial charge on any atom is -0.492 e. The van der Waals surface area contributed by atoms with Crippen molar-refractivity contribution in [2.24, 2.45) is 10.4 Å². The highest BCUT2D eigenvalue weighted by molar-refractivity contribution is 7.13. The molecule has 0 saturated carbocycles. The number of benzene rings is 3. The second kappa shape index (κ2) is 21.5. The molecule has 0 unspecified atom stereocenters. The zero-order valence-corrected chi connectivity index (χ0v) is 43.2. The number of nitrogens with one attached hydrogen (secondary N) is 4. The van der Waals surface area contributed by atoms with Gasteiger partial charge in [-0.05, 0) is 99.0 Å². The zero-order valence-electron chi connectivity index (χ0n) is 41.6. The minimum atomic E-state index is -1.05. The van der Waals surface area contributed by atoms with Crippen LogP contribution in [0.5, 0.6) is 5.75 Å². The van der Waals surface area contributed by atoms with E-state index in [-0.39, 0.29) is 62.9 Å². The average molecular weight is 1020 g/mol. The van der Waals surface area contributed by atoms with Gasteiger partial charge in [0.15, 0.2) is 5.82 Å². The molecule has 3 aromatic heterocycles. The minimum absolute atomic E-state index is 0.000493. The topological polar surface area (TPSA) is 209 Å². The number of thiazole rings is 1. The molecule has 2 aliphatic rings. The maximum absolute atomic E-state index is 15.2. The molecule has 5 atom stereocenters. The van der Waals surface area contributed by atoms with Gasteiger partial charge in [-0.2, -0.15) is 0 Å². The summed E-state index contributed by atoms with van der Waals surface area (Å²) in [5.74, 6) is 0.0526. The highest BCUT2D eigenvalue weighted by Crippen LogP contribution is 2.36. The molecular weight excluding hydrogens is 959 g/mol. The second-order valence-corrected chi connectivity index (χ2v) is 20.9. The molecule has 5 heterocycles. The van der Waals surface area contributed by atoms with Crippen LogP contribution in [0.1, 0.15) is 110 Å². The SMILES string of the molecule is Cc1ncsc1-c1ccc([C@H](C)NC(=O)[C@@H]2C[C@@H](O)CN2C(=O)[C@@H](NC(=O)CCc2cc(OCCNC(=O)C[C@@H]3N=C(c4ccc(Cl)cc4)c4c([nH]c(C)c4C)-n4c(C)nnc43)ccc2F)C(C)(C)C)cc1. The number of aryl methyl sites for hydroxylation is 4. The van der Waals surface area contributed by atoms with Gasteiger partial charge in [0.1, 0.15) is 47.9 Å². The van der Waals surface area contributed by atoms with Crippen molar-refractivity contribution in [3.8, 4) is 22.0 Å². The molecule has 0 spiro atoms. The van der Waals surface area contributed by atoms with Gasteiger partial charge >= 0.3 is 0 Å². The fraction of sp³-hybridized carbons (Fsp3) is 0.396. The number of hydrogen-bond acceptors (Lipinski definition) is 11. The third-order valence-corrected chi connectivity index (χ3v) is 14.5. The van der Waals surface area contributed by atoms with Gasteiger partial charge in [0.05, 0.1) is 46.9 Å². The van der Waals surface area contributed by atoms with E-state index in [1.807, 2.05) is 75.6 Å². The molecule has 2 aliphatic heterocycles. The number of H-pyrrole nitrogens is 1. The molecule has 378 valence electrons. The summed E-state index contributed by atoms with van der Waals surface area (Å²) >= 11 is 7.80. The van der Waals surface area contributed by atoms with E-state index in [0.717, 1.165) is 49.9 Å². The molecule has 72 heavy (non-hydrogen) atoms. The molecule has 6 aromatic rings. The Morgan fingerprint density at radius 3 is 2.39 bits per heavy atom. The Labute approximate surface area is 426 Å². The molecule has 19 heteroatoms. The summed E-state index contributed by atoms with van der Waals surface area (Å²) in [4.78, 5) is 70.4. The van der Waals surface area contributed by atoms with Crippen LogP contribution >= 0.6 is 22.9 Å². The Balaban J connectivity index is 0.848. The molecule has 5 N–H and O–H groups in total. The Bertz CT molecular complexity index is 3020. The van der Waals surface area contributed by atoms with Gasteiger partial charge in [-0.25, -0.2) is 9.37 Å². The van der Waals surface area contributed by atoms with Crippen molar-refractivity contribution in [1.29, 1.82) is 0 Å². The quantitative estimate of drug-likeness (QED) is 0.0607. The highest BCUT2D eigenvalue weighted by Gasteiger charge is 2.45. The highest BCUT2D eigenvalue weighted by atomic mass is 35.5. The predicted molar refractivity (Wildman–Crippen MR) is 274 cm³/mol. The Kier molecular flexibility index (Phi) is 15.4. The van der Waals surface area contributed by atoms with Gasteiger partial charge in [-0.1, -0.05) is 68.8 Å². The van der Waals surface area contributed by atoms with E-state index in [2.05, 4.69) is 36.1 Å². The standard InChI is InChI=1S/C53H60ClFN10O6S/c1-28-29(2)58-50-45(28)46(34-13-16-37(54)17-14-34)60-41(49-63-62-32(5)65(49)50)25-44(68)56-21-22-71-39-18-19-40(55)36(23-39)15-20-43(67)61-48(53(6,7)8)52(70)64-26-38(66)24-42(64)51(69)59-30(3)33-9-11-35(12-10-33)47-31(4)57-27-72-47/h9-14,16-19,23,27,30,38,41-42,48,58,66H,15,20-22,24-26H2,1-8H3,(H,56,68)(H,59,69)(H,61,67)/t30-,38+,41-,42-,48+/m0/s1. The number of β-amino-alcohol motifs (C(OH)–C–C–N with tert-alkyl or cyclic N) is 1. The molecule has 1 saturated heterocycles. The van der Waals surface area contributed by atoms with Gasteiger partial charge in [-0.3, -0.25) is 28.7 Å². The van der Waals surface area contributed by atoms with Crippen molar-refractivity contribution in [2.75, 3.05) is 19.7 Å². The van der Waals surface area contributed by atoms with Crippen molar-refractivity contribution in [3.63, 3.8) is 0 Å². The van der Waals surface area contributed by atoms with Crippen LogP contribution in [0.4, 0.5) is 4.39 Å². The summed E-state index contributed by atoms with van der Waals surface area (Å²) in [6.07, 6.45) is -1.06. The number of nitrogens with zero attached hydrogens (tertiary/aromatic N) is 6. The third kappa shape index (κ3) is 11.3. The van der Waals surface area contributed by atoms with Crippen molar-refractivity contribution in [1.82, 2.24) is 45.6 Å². The van der Waals surface area contributed by atoms with Gasteiger partial charge < -0.3 is 35.7 Å². The predicted octanol–water partition coefficient (Wildman–Crippen LogP) is 7.53. The van der Waals surface area contributed by atoms with Crippen LogP contribution < -0.4 is 20.7 Å². The third-order valence-electron chi connectivity index (χ3n) is 13.3. The van der Waals surface area contributed by atoms with Crippen LogP contribution in [0.15, 0.2) is 77.2 Å². The summed E-state index contributed by atoms with van der Waals surface area (Å²) in [7, 11) is 0. The number of aliphatic hydroxyl groups excluding tert-OH is 1. The lowest BCUT2D eigenvalue weighted by molar-refractivity contribution is -0.144. The van der Waals surface area contributed by atoms with Gasteiger partial charge in [-0.15, -0.1) is 21.5 Å². The fourth-order valence-electron chi connectivity index (χ4n) is 9.21. The van der Waals surface area contributed by atoms with Crippen molar-refractivity contribution >= 4 is 52.3 Å². The molecule has 16 nitrogen and oxygen atoms in total. The Morgan fingerprint density at radius 2 is 1.69 bits per heavy atom. The van der Waals surface area contributed by atoms with Crippen molar-refractivity contribution in [2.45, 2.75) is 111 Å². The number of halogens is 2. The molecule has 4 amide bonds. The van der Waals surface area contributed by atoms with Crippen LogP contribution in [0.3, 0.4) is 0 Å². The number of ether oxygens (including phenoxy) is 1. The first-order chi connectivity index (χ1) is 34.3. The van der Waals surface area contributed by atoms with E-state index in [4.69, 9.17) is 21.3 Å². The number of fused-ring (bicyclic) bond motifs is 3. The normalized spacial score (nSPS) is 17.3. The second-order valence-electron chi connectivity index (χ2n) is 19.6. The number of hydrogen-bond donors (Lipinski definition) is 5. The first kappa shape index (κ1) is 51.6. The van der Waals surface area contributed by atoms with Crippen molar-refractivity contribution in [3.05, 3.63) is 134 Å². The first-order valence-corrected chi connectivity index (χ1v) is 25.2. The number of aromatic amines is 1. The molecule has 8 rings (SSSR count). The Hall–Kier alpha value is -6.76. The molecule has 1 fully saturated rings. The maximum atomic E-state index is 15.2. The lowest BCUT2D eigenvalue weighted by atomic mass is 9.85. The van der Waals surface area contributed by atoms with E-state index in [1.165, 1.54) is 23.1 Å². The number of aliphatic hydroxyl groups is 1. The number of carbonyl (C=O) groups is 4. The van der Waals surface area contributed by atoms with E-state index < -0.39 is 53.2 Å². The maximum Gasteiger partial charge on any atom is 0.246 e. The zero-order chi connectivity index (χ0) is 51.6. The van der Waals surface area contributed by atoms with E-state index in [9.17, 15) is 24.3 Å². The average Bonchev–Trinajstić information content (AvgIpc) is 4.11. The van der Waals surface area contributed by atoms with E-state index in [0.29, 0.717) is 28.1 Å². The molecular formula is C53H60ClFN10O6S. The van der Waals surface area contributed by atoms with Crippen LogP contribution in [-0.4, -0.2) is 102 Å².